The van der Waals surface area contributed by atoms with Crippen LogP contribution in [0.25, 0.3) is 22.3 Å². The molecule has 196 valence electrons. The van der Waals surface area contributed by atoms with Crippen LogP contribution in [0, 0.1) is 0 Å². The molecule has 0 saturated carbocycles. The second-order valence-corrected chi connectivity index (χ2v) is 11.6. The van der Waals surface area contributed by atoms with Gasteiger partial charge in [-0.3, -0.25) is 0 Å². The molecule has 0 fully saturated rings. The molecule has 6 aromatic carbocycles. The molecule has 41 heavy (non-hydrogen) atoms. The first-order chi connectivity index (χ1) is 20.1. The van der Waals surface area contributed by atoms with Crippen LogP contribution in [-0.4, -0.2) is 0 Å². The molecule has 2 atom stereocenters. The highest BCUT2D eigenvalue weighted by molar-refractivity contribution is 5.90. The molecule has 0 bridgehead atoms. The second kappa shape index (κ2) is 8.81. The molecule has 1 nitrogen and oxygen atoms in total. The van der Waals surface area contributed by atoms with Crippen molar-refractivity contribution in [3.05, 3.63) is 179 Å². The van der Waals surface area contributed by atoms with Gasteiger partial charge in [-0.25, -0.2) is 0 Å². The van der Waals surface area contributed by atoms with Crippen LogP contribution in [0.1, 0.15) is 47.2 Å². The maximum absolute atomic E-state index is 6.54. The molecule has 0 spiro atoms. The molecule has 0 radical (unpaired) electrons. The lowest BCUT2D eigenvalue weighted by atomic mass is 9.68. The van der Waals surface area contributed by atoms with E-state index in [1.165, 1.54) is 55.6 Å². The normalized spacial score (nSPS) is 19.9. The van der Waals surface area contributed by atoms with Crippen LogP contribution in [0.3, 0.4) is 0 Å². The average Bonchev–Trinajstić information content (AvgIpc) is 3.31. The van der Waals surface area contributed by atoms with Gasteiger partial charge in [0.2, 0.25) is 0 Å². The summed E-state index contributed by atoms with van der Waals surface area (Å²) in [6.45, 7) is 4.73. The van der Waals surface area contributed by atoms with E-state index >= 15 is 0 Å². The molecule has 2 aliphatic rings. The quantitative estimate of drug-likeness (QED) is 0.223. The number of fused-ring (bicyclic) bond motifs is 5. The van der Waals surface area contributed by atoms with E-state index in [0.29, 0.717) is 0 Å². The molecule has 0 aromatic heterocycles. The topological polar surface area (TPSA) is 9.23 Å². The Morgan fingerprint density at radius 3 is 1.73 bits per heavy atom. The van der Waals surface area contributed by atoms with E-state index in [-0.39, 0.29) is 10.8 Å². The third-order valence-electron chi connectivity index (χ3n) is 9.50. The van der Waals surface area contributed by atoms with Crippen molar-refractivity contribution in [2.24, 2.45) is 0 Å². The molecule has 1 heterocycles. The maximum atomic E-state index is 6.54. The number of para-hydroxylation sites is 1. The monoisotopic (exact) mass is 526 g/mol. The van der Waals surface area contributed by atoms with Gasteiger partial charge in [0.1, 0.15) is 11.5 Å². The molecular formula is C40H30O. The number of hydrogen-bond acceptors (Lipinski definition) is 1. The minimum atomic E-state index is -0.356. The standard InChI is InChI=1S/C40H30O/c1-39(28-14-5-3-6-15-28)34-22-11-12-23-36(34)41-37-25-24-27(26-35(37)39)30-19-13-20-32-31-18-9-10-21-33(31)40(2,38(30)32)29-16-7-4-8-17-29/h3-26H,1-2H3. The highest BCUT2D eigenvalue weighted by atomic mass is 16.5. The largest absolute Gasteiger partial charge is 0.457 e. The molecule has 0 N–H and O–H groups in total. The highest BCUT2D eigenvalue weighted by Crippen LogP contribution is 2.57. The Hall–Kier alpha value is -4.88. The number of ether oxygens (including phenoxy) is 1. The van der Waals surface area contributed by atoms with Crippen LogP contribution in [0.15, 0.2) is 146 Å². The summed E-state index contributed by atoms with van der Waals surface area (Å²) in [6, 6.07) is 52.7. The van der Waals surface area contributed by atoms with Gasteiger partial charge in [-0.15, -0.1) is 0 Å². The third kappa shape index (κ3) is 3.30. The number of benzene rings is 6. The van der Waals surface area contributed by atoms with Crippen molar-refractivity contribution >= 4 is 0 Å². The van der Waals surface area contributed by atoms with Gasteiger partial charge in [0.15, 0.2) is 0 Å². The summed E-state index contributed by atoms with van der Waals surface area (Å²) in [5.74, 6) is 1.84. The van der Waals surface area contributed by atoms with E-state index in [1.807, 2.05) is 0 Å². The van der Waals surface area contributed by atoms with Gasteiger partial charge in [0, 0.05) is 22.0 Å². The molecule has 0 amide bonds. The Balaban J connectivity index is 1.39. The van der Waals surface area contributed by atoms with Gasteiger partial charge >= 0.3 is 0 Å². The predicted octanol–water partition coefficient (Wildman–Crippen LogP) is 10.1. The first-order valence-electron chi connectivity index (χ1n) is 14.4. The minimum Gasteiger partial charge on any atom is -0.457 e. The lowest BCUT2D eigenvalue weighted by Crippen LogP contribution is -2.29. The third-order valence-corrected chi connectivity index (χ3v) is 9.50. The van der Waals surface area contributed by atoms with Crippen LogP contribution in [0.2, 0.25) is 0 Å². The zero-order valence-electron chi connectivity index (χ0n) is 23.3. The van der Waals surface area contributed by atoms with Crippen LogP contribution in [-0.2, 0) is 10.8 Å². The smallest absolute Gasteiger partial charge is 0.131 e. The van der Waals surface area contributed by atoms with Crippen molar-refractivity contribution in [2.75, 3.05) is 0 Å². The van der Waals surface area contributed by atoms with Gasteiger partial charge in [-0.1, -0.05) is 127 Å². The zero-order valence-corrected chi connectivity index (χ0v) is 23.3. The molecule has 2 unspecified atom stereocenters. The highest BCUT2D eigenvalue weighted by Gasteiger charge is 2.43. The first-order valence-corrected chi connectivity index (χ1v) is 14.4. The minimum absolute atomic E-state index is 0.272. The molecule has 1 aliphatic heterocycles. The van der Waals surface area contributed by atoms with Crippen LogP contribution < -0.4 is 4.74 Å². The summed E-state index contributed by atoms with van der Waals surface area (Å²) in [5, 5.41) is 0. The molecular weight excluding hydrogens is 496 g/mol. The lowest BCUT2D eigenvalue weighted by molar-refractivity contribution is 0.427. The van der Waals surface area contributed by atoms with Crippen molar-refractivity contribution in [3.63, 3.8) is 0 Å². The molecule has 1 aliphatic carbocycles. The van der Waals surface area contributed by atoms with Gasteiger partial charge < -0.3 is 4.74 Å². The van der Waals surface area contributed by atoms with E-state index in [9.17, 15) is 0 Å². The predicted molar refractivity (Wildman–Crippen MR) is 168 cm³/mol. The Labute approximate surface area is 241 Å². The Morgan fingerprint density at radius 1 is 0.415 bits per heavy atom. The van der Waals surface area contributed by atoms with Crippen molar-refractivity contribution < 1.29 is 4.74 Å². The summed E-state index contributed by atoms with van der Waals surface area (Å²) in [6.07, 6.45) is 0. The van der Waals surface area contributed by atoms with E-state index in [4.69, 9.17) is 4.74 Å². The average molecular weight is 527 g/mol. The molecule has 6 aromatic rings. The van der Waals surface area contributed by atoms with Gasteiger partial charge in [0.25, 0.3) is 0 Å². The van der Waals surface area contributed by atoms with Gasteiger partial charge in [-0.2, -0.15) is 0 Å². The summed E-state index contributed by atoms with van der Waals surface area (Å²) in [5.41, 5.74) is 12.2. The Bertz CT molecular complexity index is 1940. The van der Waals surface area contributed by atoms with Crippen LogP contribution in [0.4, 0.5) is 0 Å². The SMILES string of the molecule is CC1(c2ccccc2)c2ccccc2Oc2ccc(-c3cccc4c3C(C)(c3ccccc3)c3ccccc3-4)cc21. The molecule has 8 rings (SSSR count). The van der Waals surface area contributed by atoms with Gasteiger partial charge in [-0.05, 0) is 76.6 Å². The fourth-order valence-electron chi connectivity index (χ4n) is 7.41. The van der Waals surface area contributed by atoms with Crippen molar-refractivity contribution in [3.8, 4) is 33.8 Å². The maximum Gasteiger partial charge on any atom is 0.131 e. The van der Waals surface area contributed by atoms with Crippen LogP contribution >= 0.6 is 0 Å². The summed E-state index contributed by atoms with van der Waals surface area (Å²) < 4.78 is 6.54. The number of hydrogen-bond donors (Lipinski definition) is 0. The number of rotatable bonds is 3. The van der Waals surface area contributed by atoms with E-state index in [2.05, 4.69) is 159 Å². The van der Waals surface area contributed by atoms with E-state index in [1.54, 1.807) is 0 Å². The van der Waals surface area contributed by atoms with E-state index < -0.39 is 0 Å². The van der Waals surface area contributed by atoms with Crippen molar-refractivity contribution in [2.45, 2.75) is 24.7 Å². The lowest BCUT2D eigenvalue weighted by Gasteiger charge is -2.38. The fraction of sp³-hybridized carbons (Fsp3) is 0.100. The van der Waals surface area contributed by atoms with Crippen molar-refractivity contribution in [1.82, 2.24) is 0 Å². The van der Waals surface area contributed by atoms with Gasteiger partial charge in [0.05, 0.1) is 0 Å². The zero-order chi connectivity index (χ0) is 27.6. The molecule has 0 saturated heterocycles. The second-order valence-electron chi connectivity index (χ2n) is 11.6. The fourth-order valence-corrected chi connectivity index (χ4v) is 7.41. The molecule has 1 heteroatoms. The first kappa shape index (κ1) is 24.0. The van der Waals surface area contributed by atoms with Crippen molar-refractivity contribution in [1.29, 1.82) is 0 Å². The summed E-state index contributed by atoms with van der Waals surface area (Å²) in [7, 11) is 0. The Morgan fingerprint density at radius 2 is 0.976 bits per heavy atom. The van der Waals surface area contributed by atoms with E-state index in [0.717, 1.165) is 11.5 Å². The summed E-state index contributed by atoms with van der Waals surface area (Å²) >= 11 is 0. The van der Waals surface area contributed by atoms with Crippen LogP contribution in [0.5, 0.6) is 11.5 Å². The summed E-state index contributed by atoms with van der Waals surface area (Å²) in [4.78, 5) is 0. The Kier molecular flexibility index (Phi) is 5.15.